The molecule has 10 heteroatoms. The molecule has 0 bridgehead atoms. The van der Waals surface area contributed by atoms with Crippen LogP contribution in [0.4, 0.5) is 0 Å². The fourth-order valence-electron chi connectivity index (χ4n) is 5.39. The van der Waals surface area contributed by atoms with E-state index in [0.717, 1.165) is 83.9 Å². The van der Waals surface area contributed by atoms with Gasteiger partial charge < -0.3 is 29.7 Å². The number of hydrogen-bond donors (Lipinski definition) is 3. The lowest BCUT2D eigenvalue weighted by atomic mass is 9.78. The topological polar surface area (TPSA) is 123 Å². The minimum atomic E-state index is -0.579. The van der Waals surface area contributed by atoms with E-state index < -0.39 is 5.60 Å². The number of aliphatic hydroxyl groups is 1. The molecule has 0 radical (unpaired) electrons. The number of rotatable bonds is 7. The third kappa shape index (κ3) is 10.6. The van der Waals surface area contributed by atoms with Crippen LogP contribution in [0.15, 0.2) is 24.3 Å². The van der Waals surface area contributed by atoms with Gasteiger partial charge in [0.2, 0.25) is 0 Å². The molecule has 3 N–H and O–H groups in total. The molecule has 3 fully saturated rings. The average molecular weight is 524 g/mol. The third-order valence-corrected chi connectivity index (χ3v) is 7.46. The second kappa shape index (κ2) is 15.9. The Bertz CT molecular complexity index is 786. The summed E-state index contributed by atoms with van der Waals surface area (Å²) in [6.07, 6.45) is 3.50. The largest absolute Gasteiger partial charge is 0.492 e. The first-order valence-corrected chi connectivity index (χ1v) is 13.2. The molecular formula is C27H45N3O7. The summed E-state index contributed by atoms with van der Waals surface area (Å²) >= 11 is 0. The zero-order chi connectivity index (χ0) is 27.2. The van der Waals surface area contributed by atoms with Crippen molar-refractivity contribution in [2.24, 2.45) is 0 Å². The highest BCUT2D eigenvalue weighted by Crippen LogP contribution is 2.39. The molecule has 37 heavy (non-hydrogen) atoms. The molecule has 1 atom stereocenters. The van der Waals surface area contributed by atoms with Crippen LogP contribution >= 0.6 is 0 Å². The summed E-state index contributed by atoms with van der Waals surface area (Å²) in [5, 5.41) is 24.3. The van der Waals surface area contributed by atoms with Crippen LogP contribution in [0, 0.1) is 0 Å². The van der Waals surface area contributed by atoms with Crippen molar-refractivity contribution in [3.8, 4) is 5.75 Å². The Morgan fingerprint density at radius 3 is 2.14 bits per heavy atom. The predicted octanol–water partition coefficient (Wildman–Crippen LogP) is 2.00. The Morgan fingerprint density at radius 1 is 0.946 bits per heavy atom. The van der Waals surface area contributed by atoms with E-state index in [-0.39, 0.29) is 18.5 Å². The maximum absolute atomic E-state index is 10.5. The van der Waals surface area contributed by atoms with Crippen LogP contribution in [0.3, 0.4) is 0 Å². The lowest BCUT2D eigenvalue weighted by molar-refractivity contribution is -0.173. The standard InChI is InChI=1S/C25H41N3O3.2CH2O2/c1-3-26-13-15-27(16-14-26)17-19-30-23-7-5-4-6-22(23)20-28-11-8-25(9-12-28)21-24(2,29)10-18-31-25;2*2-1-3/h4-7,29H,3,8-21H2,1-2H3;2*1H,(H,2,3). The third-order valence-electron chi connectivity index (χ3n) is 7.46. The molecule has 0 aliphatic carbocycles. The van der Waals surface area contributed by atoms with Crippen LogP contribution < -0.4 is 4.74 Å². The molecule has 210 valence electrons. The maximum atomic E-state index is 10.5. The number of likely N-dealkylation sites (N-methyl/N-ethyl adjacent to an activating group) is 1. The number of ether oxygens (including phenoxy) is 2. The number of piperidine rings is 1. The van der Waals surface area contributed by atoms with Gasteiger partial charge in [0.25, 0.3) is 12.9 Å². The summed E-state index contributed by atoms with van der Waals surface area (Å²) in [7, 11) is 0. The molecule has 3 saturated heterocycles. The summed E-state index contributed by atoms with van der Waals surface area (Å²) in [5.41, 5.74) is 0.561. The molecule has 1 aromatic rings. The fraction of sp³-hybridized carbons (Fsp3) is 0.704. The number of piperazine rings is 1. The van der Waals surface area contributed by atoms with Crippen LogP contribution in [0.2, 0.25) is 0 Å². The van der Waals surface area contributed by atoms with Gasteiger partial charge in [0.15, 0.2) is 0 Å². The fourth-order valence-corrected chi connectivity index (χ4v) is 5.39. The SMILES string of the molecule is CCN1CCN(CCOc2ccccc2CN2CCC3(CC2)CC(C)(O)CCO3)CC1.O=CO.O=CO. The Hall–Kier alpha value is -2.24. The Morgan fingerprint density at radius 2 is 1.54 bits per heavy atom. The van der Waals surface area contributed by atoms with Crippen molar-refractivity contribution in [3.63, 3.8) is 0 Å². The average Bonchev–Trinajstić information content (AvgIpc) is 2.87. The number of carbonyl (C=O) groups is 2. The number of likely N-dealkylation sites (tertiary alicyclic amines) is 1. The summed E-state index contributed by atoms with van der Waals surface area (Å²) < 4.78 is 12.4. The van der Waals surface area contributed by atoms with Crippen molar-refractivity contribution in [2.75, 3.05) is 65.6 Å². The van der Waals surface area contributed by atoms with Crippen molar-refractivity contribution >= 4 is 12.9 Å². The number of benzene rings is 1. The highest BCUT2D eigenvalue weighted by Gasteiger charge is 2.44. The maximum Gasteiger partial charge on any atom is 0.290 e. The molecule has 4 rings (SSSR count). The van der Waals surface area contributed by atoms with Crippen LogP contribution in [0.25, 0.3) is 0 Å². The Balaban J connectivity index is 0.000000733. The van der Waals surface area contributed by atoms with Gasteiger partial charge in [0, 0.05) is 64.3 Å². The van der Waals surface area contributed by atoms with Gasteiger partial charge in [-0.2, -0.15) is 0 Å². The van der Waals surface area contributed by atoms with E-state index >= 15 is 0 Å². The van der Waals surface area contributed by atoms with E-state index in [9.17, 15) is 5.11 Å². The van der Waals surface area contributed by atoms with E-state index in [1.54, 1.807) is 0 Å². The number of nitrogens with zero attached hydrogens (tertiary/aromatic N) is 3. The molecule has 3 aliphatic heterocycles. The molecular weight excluding hydrogens is 478 g/mol. The first-order valence-electron chi connectivity index (χ1n) is 13.2. The molecule has 0 saturated carbocycles. The molecule has 0 aromatic heterocycles. The summed E-state index contributed by atoms with van der Waals surface area (Å²) in [6, 6.07) is 8.49. The second-order valence-electron chi connectivity index (χ2n) is 10.2. The Kier molecular flexibility index (Phi) is 13.3. The van der Waals surface area contributed by atoms with Gasteiger partial charge in [-0.25, -0.2) is 0 Å². The molecule has 1 aromatic carbocycles. The number of hydrogen-bond acceptors (Lipinski definition) is 8. The minimum Gasteiger partial charge on any atom is -0.492 e. The molecule has 10 nitrogen and oxygen atoms in total. The second-order valence-corrected chi connectivity index (χ2v) is 10.2. The summed E-state index contributed by atoms with van der Waals surface area (Å²) in [5.74, 6) is 1.02. The Labute approximate surface area is 220 Å². The minimum absolute atomic E-state index is 0.129. The van der Waals surface area contributed by atoms with Crippen molar-refractivity contribution < 1.29 is 34.4 Å². The van der Waals surface area contributed by atoms with Crippen molar-refractivity contribution in [1.82, 2.24) is 14.7 Å². The van der Waals surface area contributed by atoms with Crippen molar-refractivity contribution in [2.45, 2.75) is 57.3 Å². The van der Waals surface area contributed by atoms with Gasteiger partial charge >= 0.3 is 0 Å². The number of carboxylic acid groups (broad SMARTS) is 2. The zero-order valence-corrected chi connectivity index (χ0v) is 22.4. The molecule has 1 unspecified atom stereocenters. The van der Waals surface area contributed by atoms with Gasteiger partial charge in [0.1, 0.15) is 12.4 Å². The van der Waals surface area contributed by atoms with Gasteiger partial charge in [-0.3, -0.25) is 19.4 Å². The van der Waals surface area contributed by atoms with Gasteiger partial charge in [-0.1, -0.05) is 25.1 Å². The van der Waals surface area contributed by atoms with E-state index in [1.807, 2.05) is 6.92 Å². The quantitative estimate of drug-likeness (QED) is 0.457. The van der Waals surface area contributed by atoms with E-state index in [4.69, 9.17) is 29.3 Å². The first kappa shape index (κ1) is 31.0. The zero-order valence-electron chi connectivity index (χ0n) is 22.4. The van der Waals surface area contributed by atoms with E-state index in [1.165, 1.54) is 18.7 Å². The van der Waals surface area contributed by atoms with Gasteiger partial charge in [-0.05, 0) is 38.8 Å². The van der Waals surface area contributed by atoms with Crippen LogP contribution in [0.1, 0.15) is 45.1 Å². The molecule has 0 amide bonds. The van der Waals surface area contributed by atoms with Crippen LogP contribution in [-0.4, -0.2) is 120 Å². The lowest BCUT2D eigenvalue weighted by Gasteiger charge is -2.48. The van der Waals surface area contributed by atoms with Crippen LogP contribution in [-0.2, 0) is 20.9 Å². The normalized spacial score (nSPS) is 24.2. The highest BCUT2D eigenvalue weighted by atomic mass is 16.5. The monoisotopic (exact) mass is 523 g/mol. The number of para-hydroxylation sites is 1. The van der Waals surface area contributed by atoms with Crippen molar-refractivity contribution in [1.29, 1.82) is 0 Å². The molecule has 3 aliphatic rings. The molecule has 3 heterocycles. The molecule has 1 spiro atoms. The van der Waals surface area contributed by atoms with Crippen LogP contribution in [0.5, 0.6) is 5.75 Å². The van der Waals surface area contributed by atoms with E-state index in [0.29, 0.717) is 6.61 Å². The summed E-state index contributed by atoms with van der Waals surface area (Å²) in [6.45, 7) is 14.8. The smallest absolute Gasteiger partial charge is 0.290 e. The predicted molar refractivity (Wildman–Crippen MR) is 141 cm³/mol. The van der Waals surface area contributed by atoms with E-state index in [2.05, 4.69) is 45.9 Å². The van der Waals surface area contributed by atoms with Crippen molar-refractivity contribution in [3.05, 3.63) is 29.8 Å². The van der Waals surface area contributed by atoms with Gasteiger partial charge in [0.05, 0.1) is 17.8 Å². The lowest BCUT2D eigenvalue weighted by Crippen LogP contribution is -2.53. The van der Waals surface area contributed by atoms with Gasteiger partial charge in [-0.15, -0.1) is 0 Å². The highest BCUT2D eigenvalue weighted by molar-refractivity contribution is 5.33. The summed E-state index contributed by atoms with van der Waals surface area (Å²) in [4.78, 5) is 24.2. The first-order chi connectivity index (χ1) is 17.8.